The molecule has 1 aliphatic rings. The summed E-state index contributed by atoms with van der Waals surface area (Å²) in [5.74, 6) is 0. The van der Waals surface area contributed by atoms with Gasteiger partial charge in [-0.2, -0.15) is 11.3 Å². The van der Waals surface area contributed by atoms with E-state index < -0.39 is 0 Å². The van der Waals surface area contributed by atoms with E-state index in [9.17, 15) is 5.11 Å². The molecular formula is C12H20N2OS. The molecule has 3 nitrogen and oxygen atoms in total. The van der Waals surface area contributed by atoms with Gasteiger partial charge < -0.3 is 10.0 Å². The second kappa shape index (κ2) is 5.27. The monoisotopic (exact) mass is 240 g/mol. The molecule has 2 heterocycles. The highest BCUT2D eigenvalue weighted by Crippen LogP contribution is 2.15. The molecule has 0 aliphatic carbocycles. The minimum absolute atomic E-state index is 0.262. The predicted octanol–water partition coefficient (Wildman–Crippen LogP) is 0.897. The summed E-state index contributed by atoms with van der Waals surface area (Å²) in [4.78, 5) is 4.57. The number of hydrogen-bond donors (Lipinski definition) is 1. The van der Waals surface area contributed by atoms with Crippen LogP contribution in [0, 0.1) is 0 Å². The number of thiophene rings is 1. The van der Waals surface area contributed by atoms with Crippen LogP contribution in [0.5, 0.6) is 0 Å². The summed E-state index contributed by atoms with van der Waals surface area (Å²) >= 11 is 1.69. The van der Waals surface area contributed by atoms with Gasteiger partial charge in [0.2, 0.25) is 0 Å². The average molecular weight is 240 g/mol. The quantitative estimate of drug-likeness (QED) is 0.850. The molecule has 0 bridgehead atoms. The van der Waals surface area contributed by atoms with Crippen molar-refractivity contribution in [2.24, 2.45) is 0 Å². The van der Waals surface area contributed by atoms with Crippen LogP contribution in [0.3, 0.4) is 0 Å². The van der Waals surface area contributed by atoms with E-state index >= 15 is 0 Å². The molecule has 1 aromatic heterocycles. The van der Waals surface area contributed by atoms with Crippen molar-refractivity contribution < 1.29 is 5.11 Å². The van der Waals surface area contributed by atoms with Gasteiger partial charge in [-0.25, -0.2) is 0 Å². The largest absolute Gasteiger partial charge is 0.391 e. The Kier molecular flexibility index (Phi) is 3.97. The second-order valence-electron chi connectivity index (χ2n) is 4.71. The maximum absolute atomic E-state index is 10.3. The van der Waals surface area contributed by atoms with Gasteiger partial charge in [0.1, 0.15) is 0 Å². The van der Waals surface area contributed by atoms with Gasteiger partial charge in [-0.3, -0.25) is 4.90 Å². The average Bonchev–Trinajstić information content (AvgIpc) is 2.74. The first kappa shape index (κ1) is 12.0. The maximum Gasteiger partial charge on any atom is 0.0748 e. The zero-order chi connectivity index (χ0) is 11.5. The van der Waals surface area contributed by atoms with E-state index in [1.54, 1.807) is 11.3 Å². The minimum atomic E-state index is -0.262. The molecule has 1 saturated heterocycles. The second-order valence-corrected chi connectivity index (χ2v) is 5.49. The number of nitrogens with zero attached hydrogens (tertiary/aromatic N) is 2. The van der Waals surface area contributed by atoms with Crippen molar-refractivity contribution >= 4 is 11.3 Å². The van der Waals surface area contributed by atoms with Gasteiger partial charge >= 0.3 is 0 Å². The van der Waals surface area contributed by atoms with E-state index in [-0.39, 0.29) is 12.1 Å². The summed E-state index contributed by atoms with van der Waals surface area (Å²) in [6.07, 6.45) is 0.508. The van der Waals surface area contributed by atoms with E-state index in [1.807, 2.05) is 0 Å². The Morgan fingerprint density at radius 1 is 1.50 bits per heavy atom. The molecule has 0 amide bonds. The van der Waals surface area contributed by atoms with Crippen molar-refractivity contribution in [1.82, 2.24) is 9.80 Å². The van der Waals surface area contributed by atoms with Crippen LogP contribution in [0.4, 0.5) is 0 Å². The zero-order valence-electron chi connectivity index (χ0n) is 9.97. The fraction of sp³-hybridized carbons (Fsp3) is 0.667. The third kappa shape index (κ3) is 2.83. The van der Waals surface area contributed by atoms with E-state index in [0.29, 0.717) is 0 Å². The molecular weight excluding hydrogens is 220 g/mol. The van der Waals surface area contributed by atoms with Crippen LogP contribution >= 0.6 is 11.3 Å². The van der Waals surface area contributed by atoms with Crippen LogP contribution in [0.1, 0.15) is 5.56 Å². The molecule has 2 atom stereocenters. The van der Waals surface area contributed by atoms with Crippen molar-refractivity contribution in [3.63, 3.8) is 0 Å². The van der Waals surface area contributed by atoms with Gasteiger partial charge in [-0.05, 0) is 36.5 Å². The van der Waals surface area contributed by atoms with Crippen molar-refractivity contribution in [3.05, 3.63) is 22.4 Å². The van der Waals surface area contributed by atoms with Gasteiger partial charge in [0, 0.05) is 32.1 Å². The van der Waals surface area contributed by atoms with E-state index in [4.69, 9.17) is 0 Å². The van der Waals surface area contributed by atoms with Crippen LogP contribution in [0.2, 0.25) is 0 Å². The summed E-state index contributed by atoms with van der Waals surface area (Å²) in [5, 5.41) is 14.5. The lowest BCUT2D eigenvalue weighted by Crippen LogP contribution is -2.55. The number of aliphatic hydroxyl groups is 1. The molecule has 1 aromatic rings. The molecule has 1 N–H and O–H groups in total. The Morgan fingerprint density at radius 2 is 2.31 bits per heavy atom. The number of piperazine rings is 1. The Morgan fingerprint density at radius 3 is 3.00 bits per heavy atom. The van der Waals surface area contributed by atoms with Crippen molar-refractivity contribution in [1.29, 1.82) is 0 Å². The van der Waals surface area contributed by atoms with Crippen LogP contribution in [-0.4, -0.2) is 60.8 Å². The topological polar surface area (TPSA) is 26.7 Å². The molecule has 1 fully saturated rings. The first-order valence-electron chi connectivity index (χ1n) is 5.74. The lowest BCUT2D eigenvalue weighted by molar-refractivity contribution is 0.0153. The van der Waals surface area contributed by atoms with Gasteiger partial charge in [0.05, 0.1) is 6.10 Å². The Balaban J connectivity index is 1.94. The van der Waals surface area contributed by atoms with E-state index in [0.717, 1.165) is 26.1 Å². The van der Waals surface area contributed by atoms with Gasteiger partial charge in [0.25, 0.3) is 0 Å². The van der Waals surface area contributed by atoms with Gasteiger partial charge in [-0.1, -0.05) is 0 Å². The van der Waals surface area contributed by atoms with Gasteiger partial charge in [-0.15, -0.1) is 0 Å². The Hall–Kier alpha value is -0.420. The van der Waals surface area contributed by atoms with Crippen LogP contribution in [-0.2, 0) is 6.42 Å². The number of rotatable bonds is 3. The third-order valence-electron chi connectivity index (χ3n) is 3.37. The number of aliphatic hydroxyl groups excluding tert-OH is 1. The first-order valence-corrected chi connectivity index (χ1v) is 6.69. The van der Waals surface area contributed by atoms with E-state index in [2.05, 4.69) is 40.7 Å². The highest BCUT2D eigenvalue weighted by Gasteiger charge is 2.28. The van der Waals surface area contributed by atoms with Crippen LogP contribution in [0.25, 0.3) is 0 Å². The standard InChI is InChI=1S/C12H20N2OS/c1-13-4-5-14(2)11(8-13)12(15)7-10-3-6-16-9-10/h3,6,9,11-12,15H,4-5,7-8H2,1-2H3. The molecule has 16 heavy (non-hydrogen) atoms. The smallest absolute Gasteiger partial charge is 0.0748 e. The fourth-order valence-corrected chi connectivity index (χ4v) is 2.93. The highest BCUT2D eigenvalue weighted by molar-refractivity contribution is 7.07. The molecule has 0 spiro atoms. The molecule has 1 aliphatic heterocycles. The van der Waals surface area contributed by atoms with E-state index in [1.165, 1.54) is 5.56 Å². The molecule has 2 rings (SSSR count). The lowest BCUT2D eigenvalue weighted by Gasteiger charge is -2.40. The predicted molar refractivity (Wildman–Crippen MR) is 67.9 cm³/mol. The molecule has 0 aromatic carbocycles. The molecule has 2 unspecified atom stereocenters. The molecule has 0 saturated carbocycles. The SMILES string of the molecule is CN1CCN(C)C(C(O)Cc2ccsc2)C1. The molecule has 4 heteroatoms. The third-order valence-corrected chi connectivity index (χ3v) is 4.10. The van der Waals surface area contributed by atoms with Crippen LogP contribution in [0.15, 0.2) is 16.8 Å². The van der Waals surface area contributed by atoms with Crippen molar-refractivity contribution in [2.45, 2.75) is 18.6 Å². The highest BCUT2D eigenvalue weighted by atomic mass is 32.1. The summed E-state index contributed by atoms with van der Waals surface area (Å²) in [5.41, 5.74) is 1.25. The van der Waals surface area contributed by atoms with Gasteiger partial charge in [0.15, 0.2) is 0 Å². The minimum Gasteiger partial charge on any atom is -0.391 e. The fourth-order valence-electron chi connectivity index (χ4n) is 2.25. The first-order chi connectivity index (χ1) is 7.66. The lowest BCUT2D eigenvalue weighted by atomic mass is 10.0. The number of likely N-dealkylation sites (N-methyl/N-ethyl adjacent to an activating group) is 2. The zero-order valence-corrected chi connectivity index (χ0v) is 10.8. The number of hydrogen-bond acceptors (Lipinski definition) is 4. The normalized spacial score (nSPS) is 25.8. The summed E-state index contributed by atoms with van der Waals surface area (Å²) < 4.78 is 0. The summed E-state index contributed by atoms with van der Waals surface area (Å²) in [6, 6.07) is 2.36. The molecule has 0 radical (unpaired) electrons. The molecule has 90 valence electrons. The summed E-state index contributed by atoms with van der Waals surface area (Å²) in [6.45, 7) is 3.10. The van der Waals surface area contributed by atoms with Crippen LogP contribution < -0.4 is 0 Å². The van der Waals surface area contributed by atoms with Crippen molar-refractivity contribution in [2.75, 3.05) is 33.7 Å². The summed E-state index contributed by atoms with van der Waals surface area (Å²) in [7, 11) is 4.23. The van der Waals surface area contributed by atoms with Crippen molar-refractivity contribution in [3.8, 4) is 0 Å². The Labute approximate surface area is 101 Å². The maximum atomic E-state index is 10.3. The Bertz CT molecular complexity index is 315.